The lowest BCUT2D eigenvalue weighted by atomic mass is 9.93. The summed E-state index contributed by atoms with van der Waals surface area (Å²) in [5.74, 6) is -1.32. The Morgan fingerprint density at radius 3 is 2.45 bits per heavy atom. The highest BCUT2D eigenvalue weighted by Gasteiger charge is 2.28. The smallest absolute Gasteiger partial charge is 0.317 e. The van der Waals surface area contributed by atoms with Gasteiger partial charge >= 0.3 is 5.97 Å². The Hall–Kier alpha value is -1.90. The zero-order valence-electron chi connectivity index (χ0n) is 12.2. The van der Waals surface area contributed by atoms with Gasteiger partial charge < -0.3 is 4.74 Å². The predicted molar refractivity (Wildman–Crippen MR) is 79.6 cm³/mol. The number of hydrogen-bond acceptors (Lipinski definition) is 3. The molecule has 0 heterocycles. The minimum atomic E-state index is -0.711. The number of ether oxygens (including phenoxy) is 1. The van der Waals surface area contributed by atoms with E-state index in [0.717, 1.165) is 18.4 Å². The number of benzene rings is 1. The molecule has 0 bridgehead atoms. The Morgan fingerprint density at radius 2 is 1.90 bits per heavy atom. The van der Waals surface area contributed by atoms with Crippen molar-refractivity contribution in [3.63, 3.8) is 0 Å². The maximum atomic E-state index is 12.4. The zero-order valence-corrected chi connectivity index (χ0v) is 12.2. The first-order chi connectivity index (χ1) is 9.56. The molecule has 0 saturated heterocycles. The van der Waals surface area contributed by atoms with Gasteiger partial charge in [-0.2, -0.15) is 0 Å². The lowest BCUT2D eigenvalue weighted by Crippen LogP contribution is -2.27. The third kappa shape index (κ3) is 5.00. The maximum Gasteiger partial charge on any atom is 0.317 e. The molecule has 0 aliphatic heterocycles. The molecule has 1 unspecified atom stereocenters. The molecule has 0 spiro atoms. The molecular weight excluding hydrogens is 252 g/mol. The monoisotopic (exact) mass is 274 g/mol. The SMILES string of the molecule is C=C(C)COC(=O)C(CCCC)C(=O)c1ccccc1. The number of carbonyl (C=O) groups is 2. The van der Waals surface area contributed by atoms with E-state index in [0.29, 0.717) is 12.0 Å². The summed E-state index contributed by atoms with van der Waals surface area (Å²) in [7, 11) is 0. The highest BCUT2D eigenvalue weighted by Crippen LogP contribution is 2.17. The third-order valence-electron chi connectivity index (χ3n) is 2.97. The second-order valence-corrected chi connectivity index (χ2v) is 4.99. The summed E-state index contributed by atoms with van der Waals surface area (Å²) in [6, 6.07) is 8.89. The fraction of sp³-hybridized carbons (Fsp3) is 0.412. The molecule has 1 aromatic rings. The van der Waals surface area contributed by atoms with Gasteiger partial charge in [0.05, 0.1) is 0 Å². The van der Waals surface area contributed by atoms with Crippen LogP contribution in [0.1, 0.15) is 43.5 Å². The number of ketones is 1. The van der Waals surface area contributed by atoms with Crippen LogP contribution < -0.4 is 0 Å². The first-order valence-corrected chi connectivity index (χ1v) is 6.96. The molecule has 0 aromatic heterocycles. The average molecular weight is 274 g/mol. The maximum absolute atomic E-state index is 12.4. The minimum absolute atomic E-state index is 0.161. The van der Waals surface area contributed by atoms with E-state index in [1.165, 1.54) is 0 Å². The summed E-state index contributed by atoms with van der Waals surface area (Å²) in [5.41, 5.74) is 1.32. The summed E-state index contributed by atoms with van der Waals surface area (Å²) in [5, 5.41) is 0. The number of esters is 1. The molecule has 3 nitrogen and oxygen atoms in total. The van der Waals surface area contributed by atoms with E-state index in [1.807, 2.05) is 13.0 Å². The number of rotatable bonds is 8. The van der Waals surface area contributed by atoms with Crippen LogP contribution in [0.4, 0.5) is 0 Å². The number of Topliss-reactive ketones (excluding diaryl/α,β-unsaturated/α-hetero) is 1. The molecule has 1 rings (SSSR count). The van der Waals surface area contributed by atoms with E-state index in [-0.39, 0.29) is 12.4 Å². The topological polar surface area (TPSA) is 43.4 Å². The molecule has 0 aliphatic carbocycles. The average Bonchev–Trinajstić information content (AvgIpc) is 2.46. The second-order valence-electron chi connectivity index (χ2n) is 4.99. The van der Waals surface area contributed by atoms with Crippen molar-refractivity contribution in [1.29, 1.82) is 0 Å². The van der Waals surface area contributed by atoms with Crippen LogP contribution in [0.5, 0.6) is 0 Å². The number of unbranched alkanes of at least 4 members (excludes halogenated alkanes) is 1. The molecule has 1 atom stereocenters. The van der Waals surface area contributed by atoms with Crippen molar-refractivity contribution in [3.8, 4) is 0 Å². The number of carbonyl (C=O) groups excluding carboxylic acids is 2. The quantitative estimate of drug-likeness (QED) is 0.313. The molecule has 0 amide bonds. The minimum Gasteiger partial charge on any atom is -0.461 e. The summed E-state index contributed by atoms with van der Waals surface area (Å²) >= 11 is 0. The molecule has 0 radical (unpaired) electrons. The fourth-order valence-corrected chi connectivity index (χ4v) is 1.86. The van der Waals surface area contributed by atoms with E-state index >= 15 is 0 Å². The Balaban J connectivity index is 2.80. The first kappa shape index (κ1) is 16.2. The van der Waals surface area contributed by atoms with Crippen LogP contribution >= 0.6 is 0 Å². The predicted octanol–water partition coefficient (Wildman–Crippen LogP) is 3.80. The molecule has 0 aliphatic rings. The zero-order chi connectivity index (χ0) is 15.0. The lowest BCUT2D eigenvalue weighted by Gasteiger charge is -2.15. The van der Waals surface area contributed by atoms with Crippen LogP contribution in [-0.4, -0.2) is 18.4 Å². The molecule has 20 heavy (non-hydrogen) atoms. The highest BCUT2D eigenvalue weighted by molar-refractivity contribution is 6.08. The van der Waals surface area contributed by atoms with Crippen LogP contribution in [0, 0.1) is 5.92 Å². The Morgan fingerprint density at radius 1 is 1.25 bits per heavy atom. The van der Waals surface area contributed by atoms with Crippen molar-refractivity contribution in [2.24, 2.45) is 5.92 Å². The number of hydrogen-bond donors (Lipinski definition) is 0. The third-order valence-corrected chi connectivity index (χ3v) is 2.97. The highest BCUT2D eigenvalue weighted by atomic mass is 16.5. The van der Waals surface area contributed by atoms with Gasteiger partial charge in [-0.3, -0.25) is 9.59 Å². The molecule has 108 valence electrons. The molecule has 0 fully saturated rings. The van der Waals surface area contributed by atoms with E-state index in [4.69, 9.17) is 4.74 Å². The van der Waals surface area contributed by atoms with Crippen molar-refractivity contribution in [2.45, 2.75) is 33.1 Å². The van der Waals surface area contributed by atoms with Gasteiger partial charge in [0.15, 0.2) is 5.78 Å². The summed E-state index contributed by atoms with van der Waals surface area (Å²) in [4.78, 5) is 24.5. The van der Waals surface area contributed by atoms with Crippen LogP contribution in [0.15, 0.2) is 42.5 Å². The summed E-state index contributed by atoms with van der Waals surface area (Å²) in [6.07, 6.45) is 2.29. The normalized spacial score (nSPS) is 11.7. The Labute approximate surface area is 120 Å². The Kier molecular flexibility index (Phi) is 6.71. The van der Waals surface area contributed by atoms with Crippen molar-refractivity contribution < 1.29 is 14.3 Å². The van der Waals surface area contributed by atoms with E-state index in [2.05, 4.69) is 6.58 Å². The Bertz CT molecular complexity index is 462. The molecule has 1 aromatic carbocycles. The van der Waals surface area contributed by atoms with Gasteiger partial charge in [0.25, 0.3) is 0 Å². The van der Waals surface area contributed by atoms with Crippen LogP contribution in [-0.2, 0) is 9.53 Å². The fourth-order valence-electron chi connectivity index (χ4n) is 1.86. The van der Waals surface area contributed by atoms with Crippen LogP contribution in [0.3, 0.4) is 0 Å². The molecule has 0 N–H and O–H groups in total. The van der Waals surface area contributed by atoms with E-state index in [1.54, 1.807) is 31.2 Å². The van der Waals surface area contributed by atoms with Crippen LogP contribution in [0.25, 0.3) is 0 Å². The molecule has 3 heteroatoms. The van der Waals surface area contributed by atoms with Crippen LogP contribution in [0.2, 0.25) is 0 Å². The molecular formula is C17H22O3. The van der Waals surface area contributed by atoms with Gasteiger partial charge in [0.1, 0.15) is 12.5 Å². The van der Waals surface area contributed by atoms with Gasteiger partial charge in [0.2, 0.25) is 0 Å². The molecule has 0 saturated carbocycles. The largest absolute Gasteiger partial charge is 0.461 e. The van der Waals surface area contributed by atoms with Gasteiger partial charge in [-0.05, 0) is 18.9 Å². The van der Waals surface area contributed by atoms with Crippen molar-refractivity contribution in [3.05, 3.63) is 48.0 Å². The summed E-state index contributed by atoms with van der Waals surface area (Å²) < 4.78 is 5.15. The van der Waals surface area contributed by atoms with Crippen molar-refractivity contribution >= 4 is 11.8 Å². The van der Waals surface area contributed by atoms with E-state index < -0.39 is 11.9 Å². The van der Waals surface area contributed by atoms with Gasteiger partial charge in [-0.25, -0.2) is 0 Å². The second kappa shape index (κ2) is 8.31. The standard InChI is InChI=1S/C17H22O3/c1-4-5-11-15(17(19)20-12-13(2)3)16(18)14-9-7-6-8-10-14/h6-10,15H,2,4-5,11-12H2,1,3H3. The summed E-state index contributed by atoms with van der Waals surface area (Å²) in [6.45, 7) is 7.68. The van der Waals surface area contributed by atoms with Gasteiger partial charge in [-0.1, -0.05) is 56.7 Å². The van der Waals surface area contributed by atoms with Gasteiger partial charge in [0, 0.05) is 5.56 Å². The van der Waals surface area contributed by atoms with Crippen molar-refractivity contribution in [1.82, 2.24) is 0 Å². The first-order valence-electron chi connectivity index (χ1n) is 6.96. The van der Waals surface area contributed by atoms with Gasteiger partial charge in [-0.15, -0.1) is 0 Å². The lowest BCUT2D eigenvalue weighted by molar-refractivity contribution is -0.145. The van der Waals surface area contributed by atoms with Crippen molar-refractivity contribution in [2.75, 3.05) is 6.61 Å². The van der Waals surface area contributed by atoms with E-state index in [9.17, 15) is 9.59 Å².